The van der Waals surface area contributed by atoms with Gasteiger partial charge in [0, 0.05) is 0 Å². The summed E-state index contributed by atoms with van der Waals surface area (Å²) >= 11 is 0. The van der Waals surface area contributed by atoms with E-state index in [0.717, 1.165) is 0 Å². The smallest absolute Gasteiger partial charge is 0.539 e. The van der Waals surface area contributed by atoms with Gasteiger partial charge in [-0.25, -0.2) is 4.79 Å². The van der Waals surface area contributed by atoms with Crippen molar-refractivity contribution in [1.29, 1.82) is 0 Å². The van der Waals surface area contributed by atoms with Crippen molar-refractivity contribution in [3.8, 4) is 0 Å². The average molecular weight is 154 g/mol. The number of hydrogen-bond acceptors (Lipinski definition) is 3. The van der Waals surface area contributed by atoms with Gasteiger partial charge in [-0.1, -0.05) is 0 Å². The molecule has 0 radical (unpaired) electrons. The molecule has 0 saturated carbocycles. The van der Waals surface area contributed by atoms with Crippen molar-refractivity contribution in [3.63, 3.8) is 0 Å². The summed E-state index contributed by atoms with van der Waals surface area (Å²) in [6.45, 7) is 3.40. The van der Waals surface area contributed by atoms with Crippen molar-refractivity contribution in [2.75, 3.05) is 0 Å². The lowest BCUT2D eigenvalue weighted by molar-refractivity contribution is -0.143. The number of rotatable bonds is 2. The van der Waals surface area contributed by atoms with Gasteiger partial charge < -0.3 is 14.4 Å². The molecule has 0 aliphatic carbocycles. The highest BCUT2D eigenvalue weighted by Crippen LogP contribution is 2.06. The topological polar surface area (TPSA) is 55.8 Å². The third kappa shape index (κ3) is 1.85. The highest BCUT2D eigenvalue weighted by Gasteiger charge is 2.27. The summed E-state index contributed by atoms with van der Waals surface area (Å²) in [5.41, 5.74) is 0. The van der Waals surface area contributed by atoms with Crippen LogP contribution in [-0.2, 0) is 14.1 Å². The molecule has 0 amide bonds. The van der Waals surface area contributed by atoms with Gasteiger partial charge in [0.2, 0.25) is 0 Å². The average Bonchev–Trinajstić information content (AvgIpc) is 2.05. The normalized spacial score (nSPS) is 22.5. The van der Waals surface area contributed by atoms with Crippen LogP contribution >= 0.6 is 0 Å². The minimum atomic E-state index is -1.03. The highest BCUT2D eigenvalue weighted by molar-refractivity contribution is 6.51. The third-order valence-electron chi connectivity index (χ3n) is 1.18. The first kappa shape index (κ1) is 7.88. The largest absolute Gasteiger partial charge is 0.554 e. The van der Waals surface area contributed by atoms with E-state index in [2.05, 4.69) is 6.58 Å². The minimum absolute atomic E-state index is 0.652. The fraction of sp³-hybridized carbons (Fsp3) is 0.167. The lowest BCUT2D eigenvalue weighted by atomic mass is 9.89. The van der Waals surface area contributed by atoms with Crippen molar-refractivity contribution in [2.45, 2.75) is 6.10 Å². The first-order valence-corrected chi connectivity index (χ1v) is 3.07. The lowest BCUT2D eigenvalue weighted by Gasteiger charge is -2.17. The van der Waals surface area contributed by atoms with Crippen LogP contribution in [0.3, 0.4) is 0 Å². The predicted octanol–water partition coefficient (Wildman–Crippen LogP) is 0.213. The van der Waals surface area contributed by atoms with Gasteiger partial charge in [-0.3, -0.25) is 0 Å². The van der Waals surface area contributed by atoms with Crippen LogP contribution in [0.15, 0.2) is 24.9 Å². The summed E-state index contributed by atoms with van der Waals surface area (Å²) in [5, 5.41) is 8.49. The first-order valence-electron chi connectivity index (χ1n) is 3.07. The molecule has 0 aromatic carbocycles. The summed E-state index contributed by atoms with van der Waals surface area (Å²) in [7, 11) is -0.652. The van der Waals surface area contributed by atoms with Crippen LogP contribution in [0.4, 0.5) is 0 Å². The minimum Gasteiger partial charge on any atom is -0.539 e. The van der Waals surface area contributed by atoms with Crippen molar-refractivity contribution < 1.29 is 19.2 Å². The molecule has 58 valence electrons. The number of hydrogen-bond donors (Lipinski definition) is 1. The Hall–Kier alpha value is -1.23. The predicted molar refractivity (Wildman–Crippen MR) is 38.7 cm³/mol. The van der Waals surface area contributed by atoms with Gasteiger partial charge in [-0.2, -0.15) is 0 Å². The Morgan fingerprint density at radius 1 is 1.82 bits per heavy atom. The number of carboxylic acids is 1. The zero-order valence-corrected chi connectivity index (χ0v) is 5.77. The molecule has 0 bridgehead atoms. The maximum atomic E-state index is 10.3. The Morgan fingerprint density at radius 2 is 2.55 bits per heavy atom. The molecule has 0 saturated heterocycles. The second-order valence-electron chi connectivity index (χ2n) is 1.96. The van der Waals surface area contributed by atoms with Gasteiger partial charge in [0.25, 0.3) is 0 Å². The molecule has 1 aliphatic heterocycles. The highest BCUT2D eigenvalue weighted by atomic mass is 16.6. The van der Waals surface area contributed by atoms with E-state index in [9.17, 15) is 4.79 Å². The van der Waals surface area contributed by atoms with E-state index in [1.807, 2.05) is 0 Å². The van der Waals surface area contributed by atoms with Crippen molar-refractivity contribution in [1.82, 2.24) is 0 Å². The van der Waals surface area contributed by atoms with E-state index in [1.54, 1.807) is 0 Å². The number of aliphatic carboxylic acids is 1. The molecule has 1 N–H and O–H groups in total. The Bertz CT molecular complexity index is 201. The van der Waals surface area contributed by atoms with Crippen molar-refractivity contribution >= 4 is 13.1 Å². The fourth-order valence-electron chi connectivity index (χ4n) is 0.668. The molecule has 0 aromatic rings. The standard InChI is InChI=1S/C6H7BO4/c1-2-7-10-4-3-5(11-7)6(8)9/h2-5H,1H2,(H,8,9). The van der Waals surface area contributed by atoms with E-state index < -0.39 is 19.2 Å². The van der Waals surface area contributed by atoms with E-state index in [1.165, 1.54) is 18.3 Å². The van der Waals surface area contributed by atoms with Gasteiger partial charge in [0.15, 0.2) is 6.10 Å². The number of carboxylic acid groups (broad SMARTS) is 1. The molecule has 1 aliphatic rings. The number of carbonyl (C=O) groups is 1. The molecule has 1 unspecified atom stereocenters. The van der Waals surface area contributed by atoms with E-state index in [0.29, 0.717) is 0 Å². The van der Waals surface area contributed by atoms with Crippen LogP contribution in [0.5, 0.6) is 0 Å². The zero-order valence-electron chi connectivity index (χ0n) is 5.77. The van der Waals surface area contributed by atoms with Crippen LogP contribution in [0.25, 0.3) is 0 Å². The Morgan fingerprint density at radius 3 is 3.09 bits per heavy atom. The van der Waals surface area contributed by atoms with Crippen LogP contribution in [0.2, 0.25) is 0 Å². The Balaban J connectivity index is 2.58. The van der Waals surface area contributed by atoms with Gasteiger partial charge in [-0.05, 0) is 12.1 Å². The van der Waals surface area contributed by atoms with Crippen LogP contribution in [0, 0.1) is 0 Å². The van der Waals surface area contributed by atoms with Crippen LogP contribution < -0.4 is 0 Å². The molecular formula is C6H7BO4. The van der Waals surface area contributed by atoms with Gasteiger partial charge in [-0.15, -0.1) is 6.58 Å². The van der Waals surface area contributed by atoms with E-state index in [4.69, 9.17) is 14.4 Å². The molecule has 11 heavy (non-hydrogen) atoms. The summed E-state index contributed by atoms with van der Waals surface area (Å²) in [4.78, 5) is 10.3. The Labute approximate surface area is 64.3 Å². The molecule has 4 nitrogen and oxygen atoms in total. The summed E-state index contributed by atoms with van der Waals surface area (Å²) in [5.74, 6) is 0.357. The molecule has 0 aromatic heterocycles. The second-order valence-corrected chi connectivity index (χ2v) is 1.96. The van der Waals surface area contributed by atoms with Crippen molar-refractivity contribution in [3.05, 3.63) is 24.9 Å². The lowest BCUT2D eigenvalue weighted by Crippen LogP contribution is -2.33. The molecule has 1 heterocycles. The summed E-state index contributed by atoms with van der Waals surface area (Å²) < 4.78 is 9.69. The molecule has 0 fully saturated rings. The van der Waals surface area contributed by atoms with Gasteiger partial charge in [0.05, 0.1) is 6.26 Å². The van der Waals surface area contributed by atoms with Crippen LogP contribution in [-0.4, -0.2) is 24.3 Å². The van der Waals surface area contributed by atoms with E-state index >= 15 is 0 Å². The molecular weight excluding hydrogens is 147 g/mol. The fourth-order valence-corrected chi connectivity index (χ4v) is 0.668. The maximum absolute atomic E-state index is 10.3. The van der Waals surface area contributed by atoms with Gasteiger partial charge >= 0.3 is 13.1 Å². The summed E-state index contributed by atoms with van der Waals surface area (Å²) in [6.07, 6.45) is 1.70. The molecule has 1 rings (SSSR count). The molecule has 0 spiro atoms. The monoisotopic (exact) mass is 154 g/mol. The van der Waals surface area contributed by atoms with E-state index in [-0.39, 0.29) is 0 Å². The van der Waals surface area contributed by atoms with Crippen molar-refractivity contribution in [2.24, 2.45) is 0 Å². The molecule has 5 heteroatoms. The zero-order chi connectivity index (χ0) is 8.27. The maximum Gasteiger partial charge on any atom is 0.554 e. The molecule has 1 atom stereocenters. The summed E-state index contributed by atoms with van der Waals surface area (Å²) in [6, 6.07) is 0. The van der Waals surface area contributed by atoms with Crippen LogP contribution in [0.1, 0.15) is 0 Å². The third-order valence-corrected chi connectivity index (χ3v) is 1.18. The second kappa shape index (κ2) is 3.25. The first-order chi connectivity index (χ1) is 5.24. The Kier molecular flexibility index (Phi) is 2.33. The quantitative estimate of drug-likeness (QED) is 0.577. The SMILES string of the molecule is C=CB1OC=CC(C(=O)O)O1. The van der Waals surface area contributed by atoms with Gasteiger partial charge in [0.1, 0.15) is 0 Å².